The number of quaternary nitrogens is 1. The van der Waals surface area contributed by atoms with Gasteiger partial charge in [0.1, 0.15) is 0 Å². The monoisotopic (exact) mass is 136 g/mol. The van der Waals surface area contributed by atoms with Crippen molar-refractivity contribution in [2.45, 2.75) is 0 Å². The molecule has 0 aromatic rings. The van der Waals surface area contributed by atoms with Crippen LogP contribution in [0.3, 0.4) is 0 Å². The normalized spacial score (nSPS) is 12.0. The highest BCUT2D eigenvalue weighted by Gasteiger charge is 1.99. The molecule has 0 unspecified atom stereocenters. The molecule has 50 valence electrons. The van der Waals surface area contributed by atoms with Gasteiger partial charge in [-0.2, -0.15) is 0 Å². The molecule has 0 aliphatic rings. The molecule has 0 heterocycles. The Bertz CT molecular complexity index is 57.9. The number of hydrogen-bond donors (Lipinski definition) is 0. The van der Waals surface area contributed by atoms with Crippen LogP contribution in [0.4, 0.5) is 0 Å². The highest BCUT2D eigenvalue weighted by molar-refractivity contribution is 6.24. The number of hydrogen-bond acceptors (Lipinski definition) is 0. The van der Waals surface area contributed by atoms with Crippen molar-refractivity contribution in [3.63, 3.8) is 0 Å². The van der Waals surface area contributed by atoms with E-state index in [1.165, 1.54) is 0 Å². The van der Waals surface area contributed by atoms with Gasteiger partial charge in [0, 0.05) is 0 Å². The van der Waals surface area contributed by atoms with Crippen LogP contribution in [0.2, 0.25) is 0 Å². The largest absolute Gasteiger partial charge is 0.571 e. The van der Waals surface area contributed by atoms with E-state index in [4.69, 9.17) is 11.8 Å². The molecule has 0 aromatic heterocycles. The van der Waals surface area contributed by atoms with Gasteiger partial charge >= 0.3 is 0 Å². The Kier molecular flexibility index (Phi) is 3.36. The molecule has 0 aliphatic heterocycles. The summed E-state index contributed by atoms with van der Waals surface area (Å²) >= 11 is 5.12. The van der Waals surface area contributed by atoms with Crippen molar-refractivity contribution >= 4 is 11.8 Å². The Hall–Kier alpha value is 0.210. The summed E-state index contributed by atoms with van der Waals surface area (Å²) in [6.07, 6.45) is 0. The van der Waals surface area contributed by atoms with E-state index < -0.39 is 0 Å². The van der Waals surface area contributed by atoms with Crippen LogP contribution in [0, 0.1) is 0 Å². The fourth-order valence-corrected chi connectivity index (χ4v) is 0.413. The third kappa shape index (κ3) is 6.21. The van der Waals surface area contributed by atoms with Crippen LogP contribution in [-0.2, 0) is 0 Å². The molecule has 0 N–H and O–H groups in total. The van der Waals surface area contributed by atoms with Crippen LogP contribution >= 0.6 is 11.8 Å². The van der Waals surface area contributed by atoms with E-state index in [-0.39, 0.29) is 0 Å². The number of halogens is 1. The van der Waals surface area contributed by atoms with E-state index in [1.807, 2.05) is 0 Å². The highest BCUT2D eigenvalue weighted by atomic mass is 35.5. The van der Waals surface area contributed by atoms with E-state index in [2.05, 4.69) is 26.0 Å². The van der Waals surface area contributed by atoms with Gasteiger partial charge in [-0.05, 0) is 0 Å². The fourth-order valence-electron chi connectivity index (χ4n) is 0.338. The molecule has 0 bridgehead atoms. The molecular weight excluding hydrogens is 124 g/mol. The van der Waals surface area contributed by atoms with Crippen LogP contribution in [0.15, 0.2) is 0 Å². The maximum absolute atomic E-state index is 5.12. The van der Waals surface area contributed by atoms with Crippen LogP contribution in [0.1, 0.15) is 0 Å². The number of likely N-dealkylation sites (N-methyl/N-ethyl adjacent to an activating group) is 1. The van der Waals surface area contributed by atoms with Crippen molar-refractivity contribution in [2.75, 3.05) is 34.2 Å². The second kappa shape index (κ2) is 3.28. The molecule has 0 saturated carbocycles. The lowest BCUT2D eigenvalue weighted by atomic mass is 10.5. The van der Waals surface area contributed by atoms with Crippen molar-refractivity contribution in [1.29, 1.82) is 0 Å². The molecule has 3 heteroatoms. The number of nitrogens with zero attached hydrogens (tertiary/aromatic N) is 2. The van der Waals surface area contributed by atoms with Gasteiger partial charge in [-0.1, -0.05) is 6.54 Å². The Morgan fingerprint density at radius 1 is 1.38 bits per heavy atom. The summed E-state index contributed by atoms with van der Waals surface area (Å²) in [5.74, 6) is 0. The molecule has 0 fully saturated rings. The average molecular weight is 137 g/mol. The molecular formula is C5H13ClN2. The lowest BCUT2D eigenvalue weighted by molar-refractivity contribution is -0.868. The van der Waals surface area contributed by atoms with E-state index in [1.54, 1.807) is 0 Å². The van der Waals surface area contributed by atoms with Crippen LogP contribution < -0.4 is 0 Å². The Morgan fingerprint density at radius 3 is 2.00 bits per heavy atom. The zero-order valence-electron chi connectivity index (χ0n) is 5.69. The van der Waals surface area contributed by atoms with Crippen molar-refractivity contribution in [1.82, 2.24) is 0 Å². The van der Waals surface area contributed by atoms with Gasteiger partial charge in [0.15, 0.2) is 0 Å². The third-order valence-electron chi connectivity index (χ3n) is 0.855. The van der Waals surface area contributed by atoms with Gasteiger partial charge < -0.3 is 9.32 Å². The summed E-state index contributed by atoms with van der Waals surface area (Å²) in [6.45, 7) is 1.74. The molecule has 0 amide bonds. The summed E-state index contributed by atoms with van der Waals surface area (Å²) in [4.78, 5) is 3.48. The smallest absolute Gasteiger partial charge is 0.0676 e. The van der Waals surface area contributed by atoms with E-state index in [0.717, 1.165) is 17.6 Å². The topological polar surface area (TPSA) is 14.1 Å². The molecule has 0 aliphatic carbocycles. The van der Waals surface area contributed by atoms with Gasteiger partial charge in [0.2, 0.25) is 0 Å². The summed E-state index contributed by atoms with van der Waals surface area (Å²) < 4.78 is 0.927. The van der Waals surface area contributed by atoms with Crippen molar-refractivity contribution in [3.05, 3.63) is 4.84 Å². The van der Waals surface area contributed by atoms with Crippen LogP contribution in [0.5, 0.6) is 0 Å². The minimum Gasteiger partial charge on any atom is -0.571 e. The Labute approximate surface area is 56.1 Å². The van der Waals surface area contributed by atoms with E-state index in [9.17, 15) is 0 Å². The quantitative estimate of drug-likeness (QED) is 0.518. The molecule has 0 radical (unpaired) electrons. The predicted molar refractivity (Wildman–Crippen MR) is 37.0 cm³/mol. The summed E-state index contributed by atoms with van der Waals surface area (Å²) in [6, 6.07) is 0. The van der Waals surface area contributed by atoms with E-state index >= 15 is 0 Å². The second-order valence-corrected chi connectivity index (χ2v) is 3.10. The molecule has 0 spiro atoms. The molecule has 8 heavy (non-hydrogen) atoms. The first kappa shape index (κ1) is 8.21. The van der Waals surface area contributed by atoms with Crippen molar-refractivity contribution < 1.29 is 4.48 Å². The SMILES string of the molecule is C[N+](C)(C)CC[N-]Cl. The first-order valence-corrected chi connectivity index (χ1v) is 2.98. The summed E-state index contributed by atoms with van der Waals surface area (Å²) in [5.41, 5.74) is 0. The number of rotatable bonds is 3. The summed E-state index contributed by atoms with van der Waals surface area (Å²) in [7, 11) is 6.34. The fraction of sp³-hybridized carbons (Fsp3) is 1.00. The van der Waals surface area contributed by atoms with Gasteiger partial charge in [-0.15, -0.1) is 0 Å². The van der Waals surface area contributed by atoms with Gasteiger partial charge in [0.05, 0.1) is 27.7 Å². The van der Waals surface area contributed by atoms with Crippen molar-refractivity contribution in [2.24, 2.45) is 0 Å². The molecule has 0 rings (SSSR count). The lowest BCUT2D eigenvalue weighted by Gasteiger charge is -2.26. The molecule has 0 saturated heterocycles. The second-order valence-electron chi connectivity index (χ2n) is 2.86. The van der Waals surface area contributed by atoms with Crippen LogP contribution in [-0.4, -0.2) is 38.7 Å². The molecule has 0 aromatic carbocycles. The predicted octanol–water partition coefficient (Wildman–Crippen LogP) is 1.22. The van der Waals surface area contributed by atoms with Crippen LogP contribution in [0.25, 0.3) is 4.84 Å². The van der Waals surface area contributed by atoms with Crippen molar-refractivity contribution in [3.8, 4) is 0 Å². The Morgan fingerprint density at radius 2 is 1.88 bits per heavy atom. The van der Waals surface area contributed by atoms with Gasteiger partial charge in [-0.3, -0.25) is 11.8 Å². The zero-order chi connectivity index (χ0) is 6.62. The minimum atomic E-state index is 0.741. The first-order valence-electron chi connectivity index (χ1n) is 2.64. The first-order chi connectivity index (χ1) is 3.56. The van der Waals surface area contributed by atoms with Gasteiger partial charge in [-0.25, -0.2) is 0 Å². The van der Waals surface area contributed by atoms with Gasteiger partial charge in [0.25, 0.3) is 0 Å². The minimum absolute atomic E-state index is 0.741. The highest BCUT2D eigenvalue weighted by Crippen LogP contribution is 1.95. The van der Waals surface area contributed by atoms with E-state index in [0.29, 0.717) is 0 Å². The molecule has 0 atom stereocenters. The maximum Gasteiger partial charge on any atom is 0.0676 e. The Balaban J connectivity index is 3.11. The summed E-state index contributed by atoms with van der Waals surface area (Å²) in [5, 5.41) is 0. The average Bonchev–Trinajstić information content (AvgIpc) is 1.59. The standard InChI is InChI=1S/C5H13ClN2/c1-8(2,3)5-4-7-6/h4-5H2,1-3H3. The third-order valence-corrected chi connectivity index (χ3v) is 1.02. The zero-order valence-corrected chi connectivity index (χ0v) is 6.44. The molecule has 2 nitrogen and oxygen atoms in total. The lowest BCUT2D eigenvalue weighted by Crippen LogP contribution is -2.36. The maximum atomic E-state index is 5.12.